The number of nitrogens with zero attached hydrogens (tertiary/aromatic N) is 3. The molecule has 0 saturated heterocycles. The van der Waals surface area contributed by atoms with Gasteiger partial charge in [0.25, 0.3) is 0 Å². The summed E-state index contributed by atoms with van der Waals surface area (Å²) >= 11 is 0. The van der Waals surface area contributed by atoms with Gasteiger partial charge in [-0.05, 0) is 33.2 Å². The second-order valence-electron chi connectivity index (χ2n) is 6.85. The van der Waals surface area contributed by atoms with Crippen LogP contribution in [0, 0.1) is 5.41 Å². The number of hydrogen-bond acceptors (Lipinski definition) is 5. The molecule has 5 nitrogen and oxygen atoms in total. The predicted molar refractivity (Wildman–Crippen MR) is 84.5 cm³/mol. The van der Waals surface area contributed by atoms with E-state index in [-0.39, 0.29) is 0 Å². The molecule has 0 N–H and O–H groups in total. The molecule has 1 aromatic rings. The molecule has 1 spiro atoms. The highest BCUT2D eigenvalue weighted by molar-refractivity contribution is 5.09. The van der Waals surface area contributed by atoms with Crippen LogP contribution in [-0.2, 0) is 17.7 Å². The lowest BCUT2D eigenvalue weighted by Gasteiger charge is -2.60. The van der Waals surface area contributed by atoms with Gasteiger partial charge in [-0.1, -0.05) is 26.2 Å². The highest BCUT2D eigenvalue weighted by Gasteiger charge is 2.56. The molecule has 3 rings (SSSR count). The second-order valence-corrected chi connectivity index (χ2v) is 6.85. The molecule has 5 heteroatoms. The van der Waals surface area contributed by atoms with Crippen molar-refractivity contribution in [2.75, 3.05) is 13.7 Å². The third-order valence-corrected chi connectivity index (χ3v) is 5.62. The molecule has 0 aromatic carbocycles. The normalized spacial score (nSPS) is 27.3. The van der Waals surface area contributed by atoms with Gasteiger partial charge in [0.15, 0.2) is 0 Å². The van der Waals surface area contributed by atoms with Crippen molar-refractivity contribution in [3.05, 3.63) is 11.8 Å². The van der Waals surface area contributed by atoms with Gasteiger partial charge < -0.3 is 9.15 Å². The van der Waals surface area contributed by atoms with E-state index in [0.717, 1.165) is 37.8 Å². The molecule has 0 radical (unpaired) electrons. The quantitative estimate of drug-likeness (QED) is 0.808. The average molecular weight is 307 g/mol. The zero-order valence-corrected chi connectivity index (χ0v) is 14.2. The summed E-state index contributed by atoms with van der Waals surface area (Å²) in [7, 11) is 2.19. The van der Waals surface area contributed by atoms with Gasteiger partial charge in [0.05, 0.1) is 12.6 Å². The molecular weight excluding hydrogens is 278 g/mol. The smallest absolute Gasteiger partial charge is 0.230 e. The fraction of sp³-hybridized carbons (Fsp3) is 0.882. The molecule has 2 atom stereocenters. The molecule has 1 heterocycles. The van der Waals surface area contributed by atoms with E-state index in [1.54, 1.807) is 0 Å². The Morgan fingerprint density at radius 3 is 2.55 bits per heavy atom. The van der Waals surface area contributed by atoms with Gasteiger partial charge in [-0.3, -0.25) is 4.90 Å². The molecule has 2 aliphatic rings. The SMILES string of the molecule is CCO[C@@H]1C[C@@H](N(C)Cc2nnc(CC)o2)C12CCCCC2. The molecule has 0 aliphatic heterocycles. The van der Waals surface area contributed by atoms with Gasteiger partial charge in [0.2, 0.25) is 11.8 Å². The molecule has 22 heavy (non-hydrogen) atoms. The van der Waals surface area contributed by atoms with Crippen molar-refractivity contribution >= 4 is 0 Å². The van der Waals surface area contributed by atoms with Gasteiger partial charge in [-0.2, -0.15) is 0 Å². The minimum absolute atomic E-state index is 0.358. The van der Waals surface area contributed by atoms with Crippen LogP contribution in [0.2, 0.25) is 0 Å². The van der Waals surface area contributed by atoms with Crippen molar-refractivity contribution in [1.82, 2.24) is 15.1 Å². The Balaban J connectivity index is 1.67. The van der Waals surface area contributed by atoms with E-state index < -0.39 is 0 Å². The Labute approximate surface area is 133 Å². The monoisotopic (exact) mass is 307 g/mol. The maximum Gasteiger partial charge on any atom is 0.230 e. The van der Waals surface area contributed by atoms with Crippen LogP contribution in [0.1, 0.15) is 64.2 Å². The topological polar surface area (TPSA) is 51.4 Å². The number of hydrogen-bond donors (Lipinski definition) is 0. The van der Waals surface area contributed by atoms with Gasteiger partial charge in [-0.15, -0.1) is 10.2 Å². The van der Waals surface area contributed by atoms with E-state index >= 15 is 0 Å². The zero-order valence-electron chi connectivity index (χ0n) is 14.2. The summed E-state index contributed by atoms with van der Waals surface area (Å²) in [5, 5.41) is 8.24. The lowest BCUT2D eigenvalue weighted by Crippen LogP contribution is -2.64. The molecule has 0 unspecified atom stereocenters. The molecule has 2 saturated carbocycles. The van der Waals surface area contributed by atoms with Gasteiger partial charge in [0, 0.05) is 24.5 Å². The second kappa shape index (κ2) is 6.67. The molecule has 124 valence electrons. The first-order chi connectivity index (χ1) is 10.7. The largest absolute Gasteiger partial charge is 0.424 e. The van der Waals surface area contributed by atoms with E-state index in [1.807, 2.05) is 6.92 Å². The molecule has 0 amide bonds. The van der Waals surface area contributed by atoms with Crippen LogP contribution in [0.25, 0.3) is 0 Å². The Morgan fingerprint density at radius 1 is 1.18 bits per heavy atom. The third-order valence-electron chi connectivity index (χ3n) is 5.62. The van der Waals surface area contributed by atoms with Crippen LogP contribution >= 0.6 is 0 Å². The van der Waals surface area contributed by atoms with Crippen LogP contribution in [0.5, 0.6) is 0 Å². The Kier molecular flexibility index (Phi) is 4.83. The van der Waals surface area contributed by atoms with E-state index in [9.17, 15) is 0 Å². The highest BCUT2D eigenvalue weighted by atomic mass is 16.5. The Hall–Kier alpha value is -0.940. The number of aryl methyl sites for hydroxylation is 1. The number of rotatable bonds is 6. The van der Waals surface area contributed by atoms with Crippen molar-refractivity contribution in [2.24, 2.45) is 5.41 Å². The molecule has 2 aliphatic carbocycles. The van der Waals surface area contributed by atoms with E-state index in [2.05, 4.69) is 29.1 Å². The van der Waals surface area contributed by atoms with Crippen molar-refractivity contribution < 1.29 is 9.15 Å². The first-order valence-electron chi connectivity index (χ1n) is 8.82. The lowest BCUT2D eigenvalue weighted by atomic mass is 9.54. The summed E-state index contributed by atoms with van der Waals surface area (Å²) in [6.45, 7) is 5.72. The predicted octanol–water partition coefficient (Wildman–Crippen LogP) is 3.19. The van der Waals surface area contributed by atoms with Crippen LogP contribution in [0.3, 0.4) is 0 Å². The van der Waals surface area contributed by atoms with Crippen LogP contribution in [0.4, 0.5) is 0 Å². The van der Waals surface area contributed by atoms with Crippen LogP contribution < -0.4 is 0 Å². The van der Waals surface area contributed by atoms with Crippen LogP contribution in [0.15, 0.2) is 4.42 Å². The number of aromatic nitrogens is 2. The van der Waals surface area contributed by atoms with Gasteiger partial charge >= 0.3 is 0 Å². The average Bonchev–Trinajstić information content (AvgIpc) is 2.99. The van der Waals surface area contributed by atoms with Crippen molar-refractivity contribution in [3.63, 3.8) is 0 Å². The molecule has 2 fully saturated rings. The molecule has 1 aromatic heterocycles. The summed E-state index contributed by atoms with van der Waals surface area (Å²) < 4.78 is 11.7. The van der Waals surface area contributed by atoms with E-state index in [0.29, 0.717) is 17.6 Å². The minimum Gasteiger partial charge on any atom is -0.424 e. The minimum atomic E-state index is 0.358. The lowest BCUT2D eigenvalue weighted by molar-refractivity contribution is -0.180. The fourth-order valence-electron chi connectivity index (χ4n) is 4.46. The molecule has 0 bridgehead atoms. The van der Waals surface area contributed by atoms with Gasteiger partial charge in [-0.25, -0.2) is 0 Å². The van der Waals surface area contributed by atoms with Gasteiger partial charge in [0.1, 0.15) is 0 Å². The van der Waals surface area contributed by atoms with E-state index in [4.69, 9.17) is 9.15 Å². The summed E-state index contributed by atoms with van der Waals surface area (Å²) in [6.07, 6.45) is 9.05. The standard InChI is InChI=1S/C17H29N3O2/c1-4-15-18-19-16(22-15)12-20(3)13-11-14(21-5-2)17(13)9-7-6-8-10-17/h13-14H,4-12H2,1-3H3/t13-,14-/m1/s1. The van der Waals surface area contributed by atoms with Crippen molar-refractivity contribution in [3.8, 4) is 0 Å². The highest BCUT2D eigenvalue weighted by Crippen LogP contribution is 2.55. The summed E-state index contributed by atoms with van der Waals surface area (Å²) in [5.41, 5.74) is 0.358. The molecular formula is C17H29N3O2. The fourth-order valence-corrected chi connectivity index (χ4v) is 4.46. The first-order valence-corrected chi connectivity index (χ1v) is 8.82. The van der Waals surface area contributed by atoms with Crippen molar-refractivity contribution in [2.45, 2.75) is 77.5 Å². The first kappa shape index (κ1) is 15.9. The van der Waals surface area contributed by atoms with E-state index in [1.165, 1.54) is 32.1 Å². The maximum atomic E-state index is 6.05. The van der Waals surface area contributed by atoms with Crippen molar-refractivity contribution in [1.29, 1.82) is 0 Å². The summed E-state index contributed by atoms with van der Waals surface area (Å²) in [5.74, 6) is 1.47. The Morgan fingerprint density at radius 2 is 1.91 bits per heavy atom. The summed E-state index contributed by atoms with van der Waals surface area (Å²) in [6, 6.07) is 0.585. The zero-order chi connectivity index (χ0) is 15.6. The Bertz CT molecular complexity index is 482. The third kappa shape index (κ3) is 2.81. The number of ether oxygens (including phenoxy) is 1. The maximum absolute atomic E-state index is 6.05. The van der Waals surface area contributed by atoms with Crippen LogP contribution in [-0.4, -0.2) is 40.9 Å². The summed E-state index contributed by atoms with van der Waals surface area (Å²) in [4.78, 5) is 2.41.